The molecule has 1 aromatic rings. The minimum Gasteiger partial charge on any atom is -0.508 e. The Hall–Kier alpha value is -2.24. The number of nitrogens with one attached hydrogen (secondary N) is 1. The van der Waals surface area contributed by atoms with Crippen molar-refractivity contribution in [3.63, 3.8) is 0 Å². The molecule has 0 aliphatic heterocycles. The van der Waals surface area contributed by atoms with E-state index in [-0.39, 0.29) is 6.10 Å². The van der Waals surface area contributed by atoms with Crippen molar-refractivity contribution in [3.8, 4) is 5.75 Å². The van der Waals surface area contributed by atoms with Gasteiger partial charge in [0.1, 0.15) is 17.4 Å². The number of hydrogen-bond acceptors (Lipinski definition) is 5. The van der Waals surface area contributed by atoms with E-state index in [2.05, 4.69) is 19.2 Å². The summed E-state index contributed by atoms with van der Waals surface area (Å²) in [6.07, 6.45) is 0.0223. The first-order valence-electron chi connectivity index (χ1n) is 8.84. The molecule has 2 N–H and O–H groups in total. The number of phenols is 1. The molecule has 0 aliphatic rings. The molecule has 1 amide bonds. The molecule has 148 valence electrons. The number of aromatic hydroxyl groups is 1. The van der Waals surface area contributed by atoms with Crippen LogP contribution >= 0.6 is 0 Å². The van der Waals surface area contributed by atoms with Gasteiger partial charge in [-0.3, -0.25) is 0 Å². The summed E-state index contributed by atoms with van der Waals surface area (Å²) in [5.74, 6) is 0.332. The van der Waals surface area contributed by atoms with Crippen molar-refractivity contribution in [3.05, 3.63) is 30.3 Å². The number of amides is 1. The fourth-order valence-corrected chi connectivity index (χ4v) is 1.98. The summed E-state index contributed by atoms with van der Waals surface area (Å²) < 4.78 is 10.3. The molecule has 0 fully saturated rings. The zero-order valence-corrected chi connectivity index (χ0v) is 16.9. The molecule has 0 saturated carbocycles. The van der Waals surface area contributed by atoms with E-state index >= 15 is 0 Å². The number of carbonyl (C=O) groups excluding carboxylic acids is 2. The van der Waals surface area contributed by atoms with Gasteiger partial charge in [0, 0.05) is 0 Å². The van der Waals surface area contributed by atoms with E-state index in [1.807, 2.05) is 13.0 Å². The largest absolute Gasteiger partial charge is 0.508 e. The van der Waals surface area contributed by atoms with Gasteiger partial charge in [-0.05, 0) is 59.1 Å². The molecule has 0 aromatic heterocycles. The van der Waals surface area contributed by atoms with E-state index in [9.17, 15) is 9.59 Å². The van der Waals surface area contributed by atoms with Gasteiger partial charge in [-0.25, -0.2) is 9.59 Å². The summed E-state index contributed by atoms with van der Waals surface area (Å²) in [4.78, 5) is 23.2. The van der Waals surface area contributed by atoms with Crippen LogP contribution in [0.25, 0.3) is 0 Å². The number of rotatable bonds is 5. The van der Waals surface area contributed by atoms with E-state index in [4.69, 9.17) is 14.6 Å². The Morgan fingerprint density at radius 2 is 1.62 bits per heavy atom. The molecular weight excluding hydrogens is 334 g/mol. The topological polar surface area (TPSA) is 84.9 Å². The molecule has 0 aliphatic carbocycles. The molecule has 1 aromatic carbocycles. The summed E-state index contributed by atoms with van der Waals surface area (Å²) in [6.45, 7) is 12.8. The molecule has 2 atom stereocenters. The fourth-order valence-electron chi connectivity index (χ4n) is 1.98. The lowest BCUT2D eigenvalue weighted by Gasteiger charge is -2.22. The number of para-hydroxylation sites is 1. The van der Waals surface area contributed by atoms with Gasteiger partial charge in [-0.2, -0.15) is 0 Å². The Balaban J connectivity index is 0.000000735. The van der Waals surface area contributed by atoms with Crippen LogP contribution in [0.4, 0.5) is 4.79 Å². The lowest BCUT2D eigenvalue weighted by Crippen LogP contribution is -2.43. The zero-order chi connectivity index (χ0) is 20.3. The number of hydrogen-bond donors (Lipinski definition) is 2. The Bertz CT molecular complexity index is 537. The van der Waals surface area contributed by atoms with Crippen LogP contribution in [0, 0.1) is 5.92 Å². The van der Waals surface area contributed by atoms with Crippen LogP contribution < -0.4 is 5.32 Å². The van der Waals surface area contributed by atoms with Gasteiger partial charge in [-0.15, -0.1) is 0 Å². The van der Waals surface area contributed by atoms with Crippen molar-refractivity contribution >= 4 is 12.1 Å². The van der Waals surface area contributed by atoms with Crippen molar-refractivity contribution in [1.29, 1.82) is 0 Å². The molecular formula is C20H33NO5. The standard InChI is InChI=1S/C14H27NO4.C6H6O/c1-9(2)8-10(3)18-12(16)11(4)15-13(17)19-14(5,6)7;7-6-4-2-1-3-5-6/h9-11H,8H2,1-7H3,(H,15,17);1-5,7H. The summed E-state index contributed by atoms with van der Waals surface area (Å²) in [5.41, 5.74) is -0.585. The molecule has 0 heterocycles. The van der Waals surface area contributed by atoms with Gasteiger partial charge in [0.2, 0.25) is 0 Å². The lowest BCUT2D eigenvalue weighted by molar-refractivity contribution is -0.150. The third-order valence-electron chi connectivity index (χ3n) is 2.96. The van der Waals surface area contributed by atoms with E-state index < -0.39 is 23.7 Å². The SMILES string of the molecule is CC(C)CC(C)OC(=O)C(C)NC(=O)OC(C)(C)C.Oc1ccccc1. The van der Waals surface area contributed by atoms with Gasteiger partial charge in [-0.1, -0.05) is 32.0 Å². The van der Waals surface area contributed by atoms with Crippen LogP contribution in [0.2, 0.25) is 0 Å². The second kappa shape index (κ2) is 11.4. The highest BCUT2D eigenvalue weighted by Crippen LogP contribution is 2.09. The predicted octanol–water partition coefficient (Wildman–Crippen LogP) is 4.27. The summed E-state index contributed by atoms with van der Waals surface area (Å²) in [6, 6.07) is 7.99. The highest BCUT2D eigenvalue weighted by atomic mass is 16.6. The van der Waals surface area contributed by atoms with E-state index in [1.54, 1.807) is 52.0 Å². The molecule has 6 heteroatoms. The Morgan fingerprint density at radius 1 is 1.08 bits per heavy atom. The second-order valence-electron chi connectivity index (χ2n) is 7.58. The first kappa shape index (κ1) is 23.8. The van der Waals surface area contributed by atoms with Crippen LogP contribution in [0.5, 0.6) is 5.75 Å². The highest BCUT2D eigenvalue weighted by Gasteiger charge is 2.23. The molecule has 0 saturated heterocycles. The smallest absolute Gasteiger partial charge is 0.408 e. The summed E-state index contributed by atoms with van der Waals surface area (Å²) >= 11 is 0. The highest BCUT2D eigenvalue weighted by molar-refractivity contribution is 5.81. The van der Waals surface area contributed by atoms with Gasteiger partial charge < -0.3 is 19.9 Å². The molecule has 6 nitrogen and oxygen atoms in total. The van der Waals surface area contributed by atoms with Gasteiger partial charge in [0.25, 0.3) is 0 Å². The minimum atomic E-state index is -0.718. The molecule has 2 unspecified atom stereocenters. The number of ether oxygens (including phenoxy) is 2. The van der Waals surface area contributed by atoms with Crippen molar-refractivity contribution in [2.24, 2.45) is 5.92 Å². The lowest BCUT2D eigenvalue weighted by atomic mass is 10.1. The van der Waals surface area contributed by atoms with Crippen LogP contribution in [-0.2, 0) is 14.3 Å². The third kappa shape index (κ3) is 13.1. The Kier molecular flexibility index (Phi) is 10.4. The van der Waals surface area contributed by atoms with Crippen LogP contribution in [-0.4, -0.2) is 34.9 Å². The van der Waals surface area contributed by atoms with Gasteiger partial charge in [0.15, 0.2) is 0 Å². The minimum absolute atomic E-state index is 0.157. The second-order valence-corrected chi connectivity index (χ2v) is 7.58. The Morgan fingerprint density at radius 3 is 2.00 bits per heavy atom. The van der Waals surface area contributed by atoms with Crippen molar-refractivity contribution in [2.75, 3.05) is 0 Å². The van der Waals surface area contributed by atoms with Crippen LogP contribution in [0.3, 0.4) is 0 Å². The zero-order valence-electron chi connectivity index (χ0n) is 16.9. The number of carbonyl (C=O) groups is 2. The molecule has 0 radical (unpaired) electrons. The average Bonchev–Trinajstić information content (AvgIpc) is 2.45. The molecule has 1 rings (SSSR count). The molecule has 0 bridgehead atoms. The molecule has 0 spiro atoms. The third-order valence-corrected chi connectivity index (χ3v) is 2.96. The first-order valence-corrected chi connectivity index (χ1v) is 8.84. The van der Waals surface area contributed by atoms with Crippen molar-refractivity contribution in [2.45, 2.75) is 72.6 Å². The summed E-state index contributed by atoms with van der Waals surface area (Å²) in [7, 11) is 0. The number of esters is 1. The number of benzene rings is 1. The maximum atomic E-state index is 11.7. The maximum Gasteiger partial charge on any atom is 0.408 e. The maximum absolute atomic E-state index is 11.7. The quantitative estimate of drug-likeness (QED) is 0.759. The van der Waals surface area contributed by atoms with Crippen molar-refractivity contribution < 1.29 is 24.2 Å². The van der Waals surface area contributed by atoms with E-state index in [0.29, 0.717) is 11.7 Å². The van der Waals surface area contributed by atoms with E-state index in [0.717, 1.165) is 6.42 Å². The predicted molar refractivity (Wildman–Crippen MR) is 102 cm³/mol. The Labute approximate surface area is 156 Å². The van der Waals surface area contributed by atoms with E-state index in [1.165, 1.54) is 0 Å². The first-order chi connectivity index (χ1) is 11.9. The van der Waals surface area contributed by atoms with Gasteiger partial charge in [0.05, 0.1) is 6.10 Å². The fraction of sp³-hybridized carbons (Fsp3) is 0.600. The normalized spacial score (nSPS) is 13.1. The monoisotopic (exact) mass is 367 g/mol. The van der Waals surface area contributed by atoms with Crippen LogP contribution in [0.1, 0.15) is 54.9 Å². The van der Waals surface area contributed by atoms with Gasteiger partial charge >= 0.3 is 12.1 Å². The molecule has 26 heavy (non-hydrogen) atoms. The summed E-state index contributed by atoms with van der Waals surface area (Å²) in [5, 5.41) is 11.1. The van der Waals surface area contributed by atoms with Crippen LogP contribution in [0.15, 0.2) is 30.3 Å². The number of phenolic OH excluding ortho intramolecular Hbond substituents is 1. The number of alkyl carbamates (subject to hydrolysis) is 1. The average molecular weight is 367 g/mol. The van der Waals surface area contributed by atoms with Crippen molar-refractivity contribution in [1.82, 2.24) is 5.32 Å².